The Balaban J connectivity index is 2.99. The predicted molar refractivity (Wildman–Crippen MR) is 114 cm³/mol. The Labute approximate surface area is 165 Å². The fraction of sp³-hybridized carbons (Fsp3) is 0.609. The van der Waals surface area contributed by atoms with Crippen LogP contribution in [0.3, 0.4) is 0 Å². The molecule has 0 saturated carbocycles. The molecular weight excluding hydrogens is 427 g/mol. The van der Waals surface area contributed by atoms with E-state index in [0.29, 0.717) is 12.2 Å². The van der Waals surface area contributed by atoms with E-state index in [0.717, 1.165) is 5.56 Å². The normalized spacial score (nSPS) is 10.9. The molecule has 144 valence electrons. The first-order chi connectivity index (χ1) is 12.6. The molecule has 1 aromatic rings. The van der Waals surface area contributed by atoms with Crippen molar-refractivity contribution >= 4 is 24.3 Å². The molecule has 0 unspecified atom stereocenters. The molecule has 0 aliphatic carbocycles. The van der Waals surface area contributed by atoms with Gasteiger partial charge in [-0.1, -0.05) is 0 Å². The third kappa shape index (κ3) is 8.16. The van der Waals surface area contributed by atoms with Crippen molar-refractivity contribution in [2.45, 2.75) is 79.5 Å². The van der Waals surface area contributed by atoms with Crippen molar-refractivity contribution in [3.05, 3.63) is 35.4 Å². The van der Waals surface area contributed by atoms with E-state index in [4.69, 9.17) is 4.74 Å². The van der Waals surface area contributed by atoms with Crippen LogP contribution in [-0.4, -0.2) is 31.0 Å². The summed E-state index contributed by atoms with van der Waals surface area (Å²) < 4.78 is 13.1. The maximum absolute atomic E-state index is 11.8. The van der Waals surface area contributed by atoms with Gasteiger partial charge in [-0.2, -0.15) is 0 Å². The molecule has 1 aromatic carbocycles. The van der Waals surface area contributed by atoms with Crippen LogP contribution in [0.25, 0.3) is 0 Å². The molecule has 0 N–H and O–H groups in total. The number of rotatable bonds is 11. The van der Waals surface area contributed by atoms with E-state index in [1.54, 1.807) is 0 Å². The third-order valence-electron chi connectivity index (χ3n) is 4.89. The van der Waals surface area contributed by atoms with Gasteiger partial charge in [0.15, 0.2) is 0 Å². The van der Waals surface area contributed by atoms with Crippen LogP contribution in [0.1, 0.15) is 82.1 Å². The Morgan fingerprint density at radius 2 is 1.38 bits per heavy atom. The Kier molecular flexibility index (Phi) is 11.8. The average molecular weight is 463 g/mol. The van der Waals surface area contributed by atoms with Gasteiger partial charge in [-0.3, -0.25) is 0 Å². The quantitative estimate of drug-likeness (QED) is 0.210. The van der Waals surface area contributed by atoms with Crippen LogP contribution < -0.4 is 0 Å². The number of esters is 1. The van der Waals surface area contributed by atoms with Gasteiger partial charge in [-0.15, -0.1) is 0 Å². The van der Waals surface area contributed by atoms with Crippen molar-refractivity contribution in [3.8, 4) is 9.86 Å². The third-order valence-corrected chi connectivity index (χ3v) is 18.0. The maximum atomic E-state index is 11.8. The fourth-order valence-corrected chi connectivity index (χ4v) is 16.4. The van der Waals surface area contributed by atoms with Crippen LogP contribution >= 0.6 is 0 Å². The zero-order valence-electron chi connectivity index (χ0n) is 17.2. The zero-order valence-corrected chi connectivity index (χ0v) is 20.1. The summed E-state index contributed by atoms with van der Waals surface area (Å²) in [5.74, 6) is 3.25. The summed E-state index contributed by atoms with van der Waals surface area (Å²) in [7, 11) is 0. The number of hydrogen-bond acceptors (Lipinski definition) is 2. The minimum atomic E-state index is -2.40. The van der Waals surface area contributed by atoms with E-state index in [1.807, 2.05) is 31.2 Å². The van der Waals surface area contributed by atoms with Gasteiger partial charge in [0, 0.05) is 0 Å². The molecule has 26 heavy (non-hydrogen) atoms. The van der Waals surface area contributed by atoms with Crippen molar-refractivity contribution in [2.75, 3.05) is 6.61 Å². The molecule has 0 aliphatic rings. The summed E-state index contributed by atoms with van der Waals surface area (Å²) in [6, 6.07) is 7.61. The fourth-order valence-electron chi connectivity index (χ4n) is 3.22. The molecule has 0 aromatic heterocycles. The Bertz CT molecular complexity index is 559. The molecule has 0 radical (unpaired) electrons. The van der Waals surface area contributed by atoms with Gasteiger partial charge >= 0.3 is 165 Å². The second-order valence-electron chi connectivity index (χ2n) is 7.14. The van der Waals surface area contributed by atoms with Crippen LogP contribution in [0.4, 0.5) is 0 Å². The van der Waals surface area contributed by atoms with Crippen molar-refractivity contribution < 1.29 is 9.53 Å². The van der Waals surface area contributed by atoms with Gasteiger partial charge in [-0.25, -0.2) is 0 Å². The number of ether oxygens (including phenoxy) is 1. The SMILES string of the molecule is CCC[CH2][Sn]([C]#Cc1ccc(C(=O)OCC)cc1)([CH2]CCC)[CH2]CCC. The summed E-state index contributed by atoms with van der Waals surface area (Å²) in [6.45, 7) is 9.10. The molecule has 3 heteroatoms. The first kappa shape index (κ1) is 23.1. The van der Waals surface area contributed by atoms with E-state index in [2.05, 4.69) is 30.6 Å². The topological polar surface area (TPSA) is 26.3 Å². The van der Waals surface area contributed by atoms with E-state index in [-0.39, 0.29) is 5.97 Å². The summed E-state index contributed by atoms with van der Waals surface area (Å²) >= 11 is -2.40. The van der Waals surface area contributed by atoms with E-state index in [1.165, 1.54) is 51.8 Å². The second-order valence-corrected chi connectivity index (χ2v) is 19.4. The van der Waals surface area contributed by atoms with Gasteiger partial charge in [0.25, 0.3) is 0 Å². The van der Waals surface area contributed by atoms with E-state index >= 15 is 0 Å². The van der Waals surface area contributed by atoms with Crippen molar-refractivity contribution in [2.24, 2.45) is 0 Å². The van der Waals surface area contributed by atoms with E-state index < -0.39 is 18.4 Å². The average Bonchev–Trinajstić information content (AvgIpc) is 2.67. The number of unbranched alkanes of at least 4 members (excludes halogenated alkanes) is 3. The molecule has 0 spiro atoms. The molecule has 0 amide bonds. The predicted octanol–water partition coefficient (Wildman–Crippen LogP) is 6.60. The van der Waals surface area contributed by atoms with Gasteiger partial charge in [0.05, 0.1) is 0 Å². The van der Waals surface area contributed by atoms with Gasteiger partial charge in [0.1, 0.15) is 0 Å². The summed E-state index contributed by atoms with van der Waals surface area (Å²) in [5.41, 5.74) is 1.64. The molecule has 0 fully saturated rings. The van der Waals surface area contributed by atoms with E-state index in [9.17, 15) is 4.79 Å². The first-order valence-electron chi connectivity index (χ1n) is 10.4. The number of carbonyl (C=O) groups is 1. The number of carbonyl (C=O) groups excluding carboxylic acids is 1. The Morgan fingerprint density at radius 1 is 0.885 bits per heavy atom. The Morgan fingerprint density at radius 3 is 1.81 bits per heavy atom. The Hall–Kier alpha value is -0.951. The summed E-state index contributed by atoms with van der Waals surface area (Å²) in [4.78, 5) is 11.8. The van der Waals surface area contributed by atoms with Crippen LogP contribution in [-0.2, 0) is 4.74 Å². The van der Waals surface area contributed by atoms with Crippen LogP contribution in [0.5, 0.6) is 0 Å². The molecule has 0 bridgehead atoms. The molecule has 0 saturated heterocycles. The number of benzene rings is 1. The molecule has 0 aliphatic heterocycles. The van der Waals surface area contributed by atoms with Crippen LogP contribution in [0, 0.1) is 9.86 Å². The second kappa shape index (κ2) is 13.3. The zero-order chi connectivity index (χ0) is 19.3. The summed E-state index contributed by atoms with van der Waals surface area (Å²) in [6.07, 6.45) is 7.81. The summed E-state index contributed by atoms with van der Waals surface area (Å²) in [5, 5.41) is 0. The van der Waals surface area contributed by atoms with Crippen LogP contribution in [0.15, 0.2) is 24.3 Å². The molecule has 2 nitrogen and oxygen atoms in total. The van der Waals surface area contributed by atoms with Crippen molar-refractivity contribution in [1.82, 2.24) is 0 Å². The molecule has 1 rings (SSSR count). The van der Waals surface area contributed by atoms with Crippen LogP contribution in [0.2, 0.25) is 13.3 Å². The minimum absolute atomic E-state index is 0.255. The first-order valence-corrected chi connectivity index (χ1v) is 17.9. The molecule has 0 atom stereocenters. The van der Waals surface area contributed by atoms with Gasteiger partial charge in [-0.05, 0) is 0 Å². The van der Waals surface area contributed by atoms with Gasteiger partial charge < -0.3 is 0 Å². The molecule has 0 heterocycles. The van der Waals surface area contributed by atoms with Crippen molar-refractivity contribution in [3.63, 3.8) is 0 Å². The number of hydrogen-bond donors (Lipinski definition) is 0. The molecular formula is C23H36O2Sn. The van der Waals surface area contributed by atoms with Gasteiger partial charge in [0.2, 0.25) is 0 Å². The monoisotopic (exact) mass is 464 g/mol. The standard InChI is InChI=1S/C11H9O2.3C4H9.Sn/c1-3-9-5-7-10(8-6-9)11(12)13-4-2;3*1-3-4-2;/h5-8H,4H2,2H3;3*1,3-4H2,2H3;. The van der Waals surface area contributed by atoms with Crippen molar-refractivity contribution in [1.29, 1.82) is 0 Å².